The van der Waals surface area contributed by atoms with E-state index in [0.717, 1.165) is 0 Å². The van der Waals surface area contributed by atoms with Crippen LogP contribution in [0.1, 0.15) is 22.3 Å². The van der Waals surface area contributed by atoms with Crippen LogP contribution in [0.25, 0.3) is 0 Å². The van der Waals surface area contributed by atoms with Crippen LogP contribution in [0.5, 0.6) is 0 Å². The van der Waals surface area contributed by atoms with E-state index in [-0.39, 0.29) is 4.90 Å². The summed E-state index contributed by atoms with van der Waals surface area (Å²) in [5.74, 6) is 0. The van der Waals surface area contributed by atoms with Gasteiger partial charge in [0, 0.05) is 12.2 Å². The lowest BCUT2D eigenvalue weighted by atomic mass is 10.00. The van der Waals surface area contributed by atoms with Crippen LogP contribution in [-0.4, -0.2) is 13.0 Å². The molecular formula is C16H19NO3S. The third-order valence-electron chi connectivity index (χ3n) is 3.44. The molecule has 2 aromatic carbocycles. The summed E-state index contributed by atoms with van der Waals surface area (Å²) in [7, 11) is -4.17. The summed E-state index contributed by atoms with van der Waals surface area (Å²) in [5, 5.41) is 3.20. The number of benzene rings is 2. The molecule has 5 heteroatoms. The zero-order valence-electron chi connectivity index (χ0n) is 12.3. The van der Waals surface area contributed by atoms with E-state index < -0.39 is 10.1 Å². The summed E-state index contributed by atoms with van der Waals surface area (Å²) < 4.78 is 31.3. The molecule has 0 saturated heterocycles. The molecule has 0 aliphatic rings. The zero-order valence-corrected chi connectivity index (χ0v) is 13.2. The molecule has 0 bridgehead atoms. The molecule has 0 unspecified atom stereocenters. The Morgan fingerprint density at radius 2 is 1.67 bits per heavy atom. The van der Waals surface area contributed by atoms with Crippen LogP contribution in [-0.2, 0) is 16.7 Å². The molecule has 0 aromatic heterocycles. The summed E-state index contributed by atoms with van der Waals surface area (Å²) in [6, 6.07) is 10.4. The minimum atomic E-state index is -4.17. The fraction of sp³-hybridized carbons (Fsp3) is 0.250. The summed E-state index contributed by atoms with van der Waals surface area (Å²) >= 11 is 0. The number of nitrogens with one attached hydrogen (secondary N) is 1. The van der Waals surface area contributed by atoms with Crippen LogP contribution >= 0.6 is 0 Å². The standard InChI is InChI=1S/C16H19NO3S/c1-11-7-12(2)16(13(3)8-11)10-17-14-5-4-6-15(9-14)21(18,19)20/h4-9,17H,10H2,1-3H3,(H,18,19,20). The SMILES string of the molecule is Cc1cc(C)c(CNc2cccc(S(=O)(=O)O)c2)c(C)c1. The molecule has 0 aliphatic heterocycles. The number of hydrogen-bond acceptors (Lipinski definition) is 3. The van der Waals surface area contributed by atoms with E-state index in [9.17, 15) is 8.42 Å². The van der Waals surface area contributed by atoms with Crippen LogP contribution in [0, 0.1) is 20.8 Å². The van der Waals surface area contributed by atoms with Crippen molar-refractivity contribution in [2.24, 2.45) is 0 Å². The highest BCUT2D eigenvalue weighted by Crippen LogP contribution is 2.20. The van der Waals surface area contributed by atoms with E-state index in [4.69, 9.17) is 4.55 Å². The van der Waals surface area contributed by atoms with Crippen molar-refractivity contribution in [3.05, 3.63) is 58.7 Å². The van der Waals surface area contributed by atoms with Crippen molar-refractivity contribution in [1.82, 2.24) is 0 Å². The van der Waals surface area contributed by atoms with Crippen LogP contribution < -0.4 is 5.32 Å². The molecule has 0 atom stereocenters. The molecular weight excluding hydrogens is 286 g/mol. The van der Waals surface area contributed by atoms with Gasteiger partial charge in [0.1, 0.15) is 0 Å². The first-order valence-electron chi connectivity index (χ1n) is 6.65. The summed E-state index contributed by atoms with van der Waals surface area (Å²) in [5.41, 5.74) is 5.47. The fourth-order valence-corrected chi connectivity index (χ4v) is 2.97. The molecule has 0 fully saturated rings. The average Bonchev–Trinajstić information content (AvgIpc) is 2.36. The van der Waals surface area contributed by atoms with Gasteiger partial charge in [-0.25, -0.2) is 0 Å². The normalized spacial score (nSPS) is 11.4. The molecule has 112 valence electrons. The predicted molar refractivity (Wildman–Crippen MR) is 84.2 cm³/mol. The lowest BCUT2D eigenvalue weighted by Gasteiger charge is -2.13. The molecule has 21 heavy (non-hydrogen) atoms. The first kappa shape index (κ1) is 15.5. The molecule has 0 aliphatic carbocycles. The van der Waals surface area contributed by atoms with Crippen molar-refractivity contribution < 1.29 is 13.0 Å². The minimum Gasteiger partial charge on any atom is -0.381 e. The van der Waals surface area contributed by atoms with Gasteiger partial charge in [-0.1, -0.05) is 23.8 Å². The van der Waals surface area contributed by atoms with Gasteiger partial charge in [-0.3, -0.25) is 4.55 Å². The van der Waals surface area contributed by atoms with E-state index in [2.05, 4.69) is 38.2 Å². The van der Waals surface area contributed by atoms with E-state index in [1.54, 1.807) is 12.1 Å². The summed E-state index contributed by atoms with van der Waals surface area (Å²) in [6.45, 7) is 6.79. The highest BCUT2D eigenvalue weighted by molar-refractivity contribution is 7.85. The van der Waals surface area contributed by atoms with Gasteiger partial charge < -0.3 is 5.32 Å². The Labute approximate surface area is 125 Å². The Balaban J connectivity index is 2.21. The summed E-state index contributed by atoms with van der Waals surface area (Å²) in [4.78, 5) is -0.107. The van der Waals surface area contributed by atoms with Crippen molar-refractivity contribution in [2.75, 3.05) is 5.32 Å². The molecule has 2 N–H and O–H groups in total. The highest BCUT2D eigenvalue weighted by Gasteiger charge is 2.10. The van der Waals surface area contributed by atoms with Gasteiger partial charge in [0.2, 0.25) is 0 Å². The Morgan fingerprint density at radius 3 is 2.24 bits per heavy atom. The third kappa shape index (κ3) is 3.83. The number of rotatable bonds is 4. The maximum absolute atomic E-state index is 11.1. The minimum absolute atomic E-state index is 0.107. The van der Waals surface area contributed by atoms with E-state index in [1.165, 1.54) is 34.4 Å². The fourth-order valence-electron chi connectivity index (χ4n) is 2.45. The molecule has 0 heterocycles. The Bertz CT molecular complexity index is 744. The second-order valence-electron chi connectivity index (χ2n) is 5.23. The third-order valence-corrected chi connectivity index (χ3v) is 4.29. The van der Waals surface area contributed by atoms with Crippen molar-refractivity contribution in [1.29, 1.82) is 0 Å². The first-order valence-corrected chi connectivity index (χ1v) is 8.09. The Kier molecular flexibility index (Phi) is 4.34. The van der Waals surface area contributed by atoms with Gasteiger partial charge in [0.15, 0.2) is 0 Å². The second kappa shape index (κ2) is 5.87. The lowest BCUT2D eigenvalue weighted by Crippen LogP contribution is -2.05. The van der Waals surface area contributed by atoms with Gasteiger partial charge in [0.25, 0.3) is 10.1 Å². The molecule has 0 spiro atoms. The van der Waals surface area contributed by atoms with Crippen LogP contribution in [0.2, 0.25) is 0 Å². The molecule has 2 aromatic rings. The molecule has 0 radical (unpaired) electrons. The molecule has 0 saturated carbocycles. The van der Waals surface area contributed by atoms with Gasteiger partial charge in [-0.05, 0) is 55.7 Å². The van der Waals surface area contributed by atoms with Gasteiger partial charge >= 0.3 is 0 Å². The van der Waals surface area contributed by atoms with E-state index >= 15 is 0 Å². The Hall–Kier alpha value is -1.85. The predicted octanol–water partition coefficient (Wildman–Crippen LogP) is 3.47. The largest absolute Gasteiger partial charge is 0.381 e. The van der Waals surface area contributed by atoms with Crippen LogP contribution in [0.15, 0.2) is 41.3 Å². The van der Waals surface area contributed by atoms with Gasteiger partial charge in [0.05, 0.1) is 4.90 Å². The number of anilines is 1. The van der Waals surface area contributed by atoms with Crippen molar-refractivity contribution in [3.8, 4) is 0 Å². The van der Waals surface area contributed by atoms with Crippen molar-refractivity contribution in [2.45, 2.75) is 32.2 Å². The van der Waals surface area contributed by atoms with Crippen LogP contribution in [0.3, 0.4) is 0 Å². The van der Waals surface area contributed by atoms with Crippen LogP contribution in [0.4, 0.5) is 5.69 Å². The first-order chi connectivity index (χ1) is 9.77. The maximum Gasteiger partial charge on any atom is 0.294 e. The highest BCUT2D eigenvalue weighted by atomic mass is 32.2. The van der Waals surface area contributed by atoms with Gasteiger partial charge in [-0.15, -0.1) is 0 Å². The quantitative estimate of drug-likeness (QED) is 0.849. The van der Waals surface area contributed by atoms with E-state index in [0.29, 0.717) is 12.2 Å². The molecule has 2 rings (SSSR count). The number of aryl methyl sites for hydroxylation is 3. The molecule has 0 amide bonds. The van der Waals surface area contributed by atoms with E-state index in [1.807, 2.05) is 0 Å². The second-order valence-corrected chi connectivity index (χ2v) is 6.66. The number of hydrogen-bond donors (Lipinski definition) is 2. The summed E-state index contributed by atoms with van der Waals surface area (Å²) in [6.07, 6.45) is 0. The van der Waals surface area contributed by atoms with Gasteiger partial charge in [-0.2, -0.15) is 8.42 Å². The Morgan fingerprint density at radius 1 is 1.05 bits per heavy atom. The smallest absolute Gasteiger partial charge is 0.294 e. The van der Waals surface area contributed by atoms with Crippen molar-refractivity contribution in [3.63, 3.8) is 0 Å². The zero-order chi connectivity index (χ0) is 15.6. The maximum atomic E-state index is 11.1. The average molecular weight is 305 g/mol. The monoisotopic (exact) mass is 305 g/mol. The molecule has 4 nitrogen and oxygen atoms in total. The van der Waals surface area contributed by atoms with Crippen molar-refractivity contribution >= 4 is 15.8 Å². The lowest BCUT2D eigenvalue weighted by molar-refractivity contribution is 0.483. The topological polar surface area (TPSA) is 66.4 Å².